The maximum Gasteiger partial charge on any atom is 0.311 e. The molecule has 1 saturated heterocycles. The van der Waals surface area contributed by atoms with Gasteiger partial charge in [-0.05, 0) is 33.1 Å². The van der Waals surface area contributed by atoms with Crippen molar-refractivity contribution in [2.24, 2.45) is 16.7 Å². The zero-order chi connectivity index (χ0) is 20.0. The van der Waals surface area contributed by atoms with E-state index in [0.29, 0.717) is 19.5 Å². The number of amides is 1. The van der Waals surface area contributed by atoms with Gasteiger partial charge in [0.1, 0.15) is 0 Å². The fraction of sp³-hybridized carbons (Fsp3) is 0.800. The zero-order valence-electron chi connectivity index (χ0n) is 16.8. The van der Waals surface area contributed by atoms with E-state index in [2.05, 4.69) is 6.92 Å². The molecule has 0 aromatic heterocycles. The molecule has 1 aliphatic rings. The highest BCUT2D eigenvalue weighted by Crippen LogP contribution is 2.43. The smallest absolute Gasteiger partial charge is 0.311 e. The van der Waals surface area contributed by atoms with Gasteiger partial charge in [-0.3, -0.25) is 14.4 Å². The van der Waals surface area contributed by atoms with E-state index in [1.54, 1.807) is 18.7 Å². The highest BCUT2D eigenvalue weighted by molar-refractivity contribution is 5.87. The molecule has 0 saturated carbocycles. The minimum absolute atomic E-state index is 0.0604. The first-order valence-corrected chi connectivity index (χ1v) is 9.35. The van der Waals surface area contributed by atoms with Crippen LogP contribution in [0.1, 0.15) is 59.3 Å². The van der Waals surface area contributed by atoms with Crippen LogP contribution in [0.3, 0.4) is 0 Å². The van der Waals surface area contributed by atoms with Crippen LogP contribution in [0.15, 0.2) is 0 Å². The minimum atomic E-state index is -1.30. The standard InChI is InChI=1S/C20H33NO5/c1-7-8-9-10-11-21-13-15(16(22)25-5)12-20(4,17(21)23)14-19(2,3)18(24)26-6/h2,15H,7-14H2,1,3-6H3. The van der Waals surface area contributed by atoms with E-state index < -0.39 is 22.7 Å². The van der Waals surface area contributed by atoms with Gasteiger partial charge in [-0.2, -0.15) is 0 Å². The summed E-state index contributed by atoms with van der Waals surface area (Å²) in [6.07, 6.45) is 4.58. The van der Waals surface area contributed by atoms with Crippen LogP contribution in [0.5, 0.6) is 0 Å². The van der Waals surface area contributed by atoms with Gasteiger partial charge in [0.25, 0.3) is 0 Å². The van der Waals surface area contributed by atoms with E-state index in [0.717, 1.165) is 25.7 Å². The second-order valence-electron chi connectivity index (χ2n) is 7.88. The average molecular weight is 367 g/mol. The highest BCUT2D eigenvalue weighted by atomic mass is 16.5. The molecule has 0 aliphatic carbocycles. The molecule has 26 heavy (non-hydrogen) atoms. The second kappa shape index (κ2) is 9.38. The summed E-state index contributed by atoms with van der Waals surface area (Å²) in [5.41, 5.74) is -2.22. The van der Waals surface area contributed by atoms with Crippen molar-refractivity contribution in [1.29, 1.82) is 0 Å². The number of piperidine rings is 1. The lowest BCUT2D eigenvalue weighted by molar-refractivity contribution is -0.162. The molecule has 1 fully saturated rings. The Kier molecular flexibility index (Phi) is 8.10. The molecule has 0 bridgehead atoms. The predicted molar refractivity (Wildman–Crippen MR) is 98.0 cm³/mol. The largest absolute Gasteiger partial charge is 0.469 e. The Morgan fingerprint density at radius 1 is 1.27 bits per heavy atom. The number of carbonyl (C=O) groups excluding carboxylic acids is 3. The van der Waals surface area contributed by atoms with E-state index in [4.69, 9.17) is 16.4 Å². The lowest BCUT2D eigenvalue weighted by atomic mass is 9.67. The molecule has 0 spiro atoms. The number of hydrogen-bond acceptors (Lipinski definition) is 5. The molecule has 1 heterocycles. The van der Waals surface area contributed by atoms with Crippen molar-refractivity contribution in [3.05, 3.63) is 6.92 Å². The van der Waals surface area contributed by atoms with Crippen LogP contribution >= 0.6 is 0 Å². The van der Waals surface area contributed by atoms with E-state index in [9.17, 15) is 14.4 Å². The van der Waals surface area contributed by atoms with Crippen LogP contribution in [0, 0.1) is 23.7 Å². The zero-order valence-corrected chi connectivity index (χ0v) is 16.8. The molecule has 148 valence electrons. The first-order chi connectivity index (χ1) is 12.1. The molecule has 3 unspecified atom stereocenters. The molecule has 0 aromatic carbocycles. The Hall–Kier alpha value is -1.59. The Labute approximate surface area is 157 Å². The van der Waals surface area contributed by atoms with E-state index in [-0.39, 0.29) is 18.3 Å². The molecule has 0 aromatic rings. The summed E-state index contributed by atoms with van der Waals surface area (Å²) in [6, 6.07) is 0. The number of methoxy groups -OCH3 is 2. The summed E-state index contributed by atoms with van der Waals surface area (Å²) in [7, 11) is 2.62. The topological polar surface area (TPSA) is 72.9 Å². The molecule has 1 amide bonds. The van der Waals surface area contributed by atoms with Gasteiger partial charge in [-0.25, -0.2) is 0 Å². The Morgan fingerprint density at radius 2 is 1.92 bits per heavy atom. The van der Waals surface area contributed by atoms with E-state index >= 15 is 0 Å². The molecule has 1 rings (SSSR count). The Morgan fingerprint density at radius 3 is 2.46 bits per heavy atom. The third-order valence-corrected chi connectivity index (χ3v) is 5.17. The number of carbonyl (C=O) groups is 3. The summed E-state index contributed by atoms with van der Waals surface area (Å²) in [5.74, 6) is -1.38. The van der Waals surface area contributed by atoms with Crippen molar-refractivity contribution in [2.75, 3.05) is 27.3 Å². The summed E-state index contributed by atoms with van der Waals surface area (Å²) in [6.45, 7) is 12.5. The molecule has 6 nitrogen and oxygen atoms in total. The lowest BCUT2D eigenvalue weighted by Crippen LogP contribution is -2.54. The first-order valence-electron chi connectivity index (χ1n) is 9.35. The third-order valence-electron chi connectivity index (χ3n) is 5.17. The summed E-state index contributed by atoms with van der Waals surface area (Å²) >= 11 is 0. The van der Waals surface area contributed by atoms with Gasteiger partial charge in [0, 0.05) is 18.5 Å². The van der Waals surface area contributed by atoms with E-state index in [1.807, 2.05) is 0 Å². The van der Waals surface area contributed by atoms with Crippen LogP contribution in [-0.2, 0) is 23.9 Å². The molecule has 0 N–H and O–H groups in total. The van der Waals surface area contributed by atoms with Crippen LogP contribution in [0.25, 0.3) is 0 Å². The van der Waals surface area contributed by atoms with Crippen LogP contribution in [0.2, 0.25) is 0 Å². The Balaban J connectivity index is 3.00. The molecule has 2 radical (unpaired) electrons. The summed E-state index contributed by atoms with van der Waals surface area (Å²) in [4.78, 5) is 39.0. The normalized spacial score (nSPS) is 23.7. The SMILES string of the molecule is [CH]C(C)(CC1(C)CC(C(=O)OC)CN(CCCCCC)C1=O)C(=O)OC. The van der Waals surface area contributed by atoms with Gasteiger partial charge in [0.05, 0.1) is 25.6 Å². The van der Waals surface area contributed by atoms with Crippen LogP contribution < -0.4 is 0 Å². The molecule has 3 atom stereocenters. The molecule has 6 heteroatoms. The van der Waals surface area contributed by atoms with Gasteiger partial charge in [0.15, 0.2) is 0 Å². The predicted octanol–water partition coefficient (Wildman–Crippen LogP) is 2.87. The Bertz CT molecular complexity index is 516. The van der Waals surface area contributed by atoms with Gasteiger partial charge < -0.3 is 14.4 Å². The van der Waals surface area contributed by atoms with Crippen LogP contribution in [0.4, 0.5) is 0 Å². The van der Waals surface area contributed by atoms with Crippen molar-refractivity contribution in [3.63, 3.8) is 0 Å². The first kappa shape index (κ1) is 22.5. The van der Waals surface area contributed by atoms with Gasteiger partial charge in [-0.1, -0.05) is 33.1 Å². The van der Waals surface area contributed by atoms with Crippen molar-refractivity contribution >= 4 is 17.8 Å². The van der Waals surface area contributed by atoms with Gasteiger partial charge in [-0.15, -0.1) is 0 Å². The van der Waals surface area contributed by atoms with Crippen LogP contribution in [-0.4, -0.2) is 50.1 Å². The molecule has 1 aliphatic heterocycles. The fourth-order valence-electron chi connectivity index (χ4n) is 3.94. The average Bonchev–Trinajstić information content (AvgIpc) is 2.59. The van der Waals surface area contributed by atoms with Gasteiger partial charge >= 0.3 is 11.9 Å². The molecular weight excluding hydrogens is 334 g/mol. The van der Waals surface area contributed by atoms with Crippen molar-refractivity contribution in [1.82, 2.24) is 4.90 Å². The lowest BCUT2D eigenvalue weighted by Gasteiger charge is -2.45. The minimum Gasteiger partial charge on any atom is -0.469 e. The summed E-state index contributed by atoms with van der Waals surface area (Å²) < 4.78 is 9.68. The summed E-state index contributed by atoms with van der Waals surface area (Å²) in [5, 5.41) is 0. The quantitative estimate of drug-likeness (QED) is 0.463. The monoisotopic (exact) mass is 367 g/mol. The number of nitrogens with zero attached hydrogens (tertiary/aromatic N) is 1. The molecular formula is C20H33NO5. The van der Waals surface area contributed by atoms with Crippen molar-refractivity contribution in [2.45, 2.75) is 59.3 Å². The number of hydrogen-bond donors (Lipinski definition) is 0. The number of ether oxygens (including phenoxy) is 2. The maximum absolute atomic E-state index is 13.1. The number of likely N-dealkylation sites (tertiary alicyclic amines) is 1. The van der Waals surface area contributed by atoms with Gasteiger partial charge in [0.2, 0.25) is 5.91 Å². The third kappa shape index (κ3) is 5.45. The fourth-order valence-corrected chi connectivity index (χ4v) is 3.94. The van der Waals surface area contributed by atoms with Crippen molar-refractivity contribution in [3.8, 4) is 0 Å². The number of rotatable bonds is 9. The van der Waals surface area contributed by atoms with E-state index in [1.165, 1.54) is 14.2 Å². The highest BCUT2D eigenvalue weighted by Gasteiger charge is 2.50. The second-order valence-corrected chi connectivity index (χ2v) is 7.88. The number of unbranched alkanes of at least 4 members (excludes halogenated alkanes) is 3. The maximum atomic E-state index is 13.1. The number of esters is 2. The van der Waals surface area contributed by atoms with Crippen molar-refractivity contribution < 1.29 is 23.9 Å².